The molecule has 0 bridgehead atoms. The Labute approximate surface area is 87.2 Å². The molecular formula is C13H19N. The van der Waals surface area contributed by atoms with Gasteiger partial charge in [-0.25, -0.2) is 0 Å². The van der Waals surface area contributed by atoms with Gasteiger partial charge in [0.1, 0.15) is 0 Å². The molecule has 1 heterocycles. The third-order valence-electron chi connectivity index (χ3n) is 1.65. The van der Waals surface area contributed by atoms with Crippen LogP contribution in [0, 0.1) is 13.8 Å². The van der Waals surface area contributed by atoms with Crippen molar-refractivity contribution in [3.05, 3.63) is 47.8 Å². The number of aryl methyl sites for hydroxylation is 2. The quantitative estimate of drug-likeness (QED) is 0.642. The van der Waals surface area contributed by atoms with Gasteiger partial charge in [0.25, 0.3) is 0 Å². The van der Waals surface area contributed by atoms with Crippen LogP contribution in [-0.2, 0) is 0 Å². The molecule has 1 heteroatoms. The average molecular weight is 189 g/mol. The van der Waals surface area contributed by atoms with Crippen LogP contribution in [0.25, 0.3) is 6.08 Å². The molecule has 0 radical (unpaired) electrons. The summed E-state index contributed by atoms with van der Waals surface area (Å²) in [7, 11) is 0. The van der Waals surface area contributed by atoms with Gasteiger partial charge in [-0.15, -0.1) is 0 Å². The van der Waals surface area contributed by atoms with Gasteiger partial charge in [-0.3, -0.25) is 4.98 Å². The first-order chi connectivity index (χ1) is 6.74. The van der Waals surface area contributed by atoms with E-state index >= 15 is 0 Å². The summed E-state index contributed by atoms with van der Waals surface area (Å²) < 4.78 is 0. The molecular weight excluding hydrogens is 170 g/mol. The molecule has 0 fully saturated rings. The Morgan fingerprint density at radius 3 is 2.43 bits per heavy atom. The molecule has 0 saturated heterocycles. The number of pyridine rings is 1. The van der Waals surface area contributed by atoms with Gasteiger partial charge in [-0.05, 0) is 31.1 Å². The lowest BCUT2D eigenvalue weighted by molar-refractivity contribution is 1.19. The van der Waals surface area contributed by atoms with E-state index in [-0.39, 0.29) is 0 Å². The zero-order valence-electron chi connectivity index (χ0n) is 9.54. The van der Waals surface area contributed by atoms with E-state index in [9.17, 15) is 0 Å². The molecule has 0 aliphatic rings. The van der Waals surface area contributed by atoms with E-state index in [1.165, 1.54) is 11.1 Å². The summed E-state index contributed by atoms with van der Waals surface area (Å²) in [6.45, 7) is 11.7. The maximum atomic E-state index is 4.28. The fourth-order valence-electron chi connectivity index (χ4n) is 1.06. The molecule has 0 unspecified atom stereocenters. The highest BCUT2D eigenvalue weighted by Gasteiger charge is 1.93. The zero-order valence-corrected chi connectivity index (χ0v) is 9.54. The van der Waals surface area contributed by atoms with Crippen LogP contribution in [0.4, 0.5) is 0 Å². The lowest BCUT2D eigenvalue weighted by Gasteiger charge is -1.99. The van der Waals surface area contributed by atoms with E-state index in [1.807, 2.05) is 39.1 Å². The summed E-state index contributed by atoms with van der Waals surface area (Å²) in [6, 6.07) is 2.12. The van der Waals surface area contributed by atoms with Crippen LogP contribution in [0.3, 0.4) is 0 Å². The number of hydrogen-bond donors (Lipinski definition) is 0. The highest BCUT2D eigenvalue weighted by atomic mass is 14.7. The van der Waals surface area contributed by atoms with Gasteiger partial charge in [0, 0.05) is 6.20 Å². The molecule has 0 spiro atoms. The van der Waals surface area contributed by atoms with Gasteiger partial charge in [-0.1, -0.05) is 38.6 Å². The molecule has 0 aliphatic carbocycles. The van der Waals surface area contributed by atoms with Crippen molar-refractivity contribution >= 4 is 6.08 Å². The third kappa shape index (κ3) is 4.04. The second-order valence-corrected chi connectivity index (χ2v) is 2.81. The number of aromatic nitrogens is 1. The van der Waals surface area contributed by atoms with Crippen LogP contribution in [0.15, 0.2) is 31.0 Å². The van der Waals surface area contributed by atoms with E-state index < -0.39 is 0 Å². The van der Waals surface area contributed by atoms with Crippen molar-refractivity contribution in [1.29, 1.82) is 0 Å². The minimum absolute atomic E-state index is 1.01. The Balaban J connectivity index is 0.000000791. The SMILES string of the molecule is C=C/C=C\c1ncc(C)cc1C.CC. The second kappa shape index (κ2) is 7.07. The summed E-state index contributed by atoms with van der Waals surface area (Å²) in [5.74, 6) is 0. The maximum absolute atomic E-state index is 4.28. The standard InChI is InChI=1S/C11H13N.C2H6/c1-4-5-6-11-10(3)7-9(2)8-12-11;1-2/h4-8H,1H2,2-3H3;1-2H3/b6-5-;. The fourth-order valence-corrected chi connectivity index (χ4v) is 1.06. The van der Waals surface area contributed by atoms with Crippen LogP contribution in [-0.4, -0.2) is 4.98 Å². The Morgan fingerprint density at radius 1 is 1.29 bits per heavy atom. The average Bonchev–Trinajstić information content (AvgIpc) is 2.20. The van der Waals surface area contributed by atoms with Crippen LogP contribution in [0.2, 0.25) is 0 Å². The van der Waals surface area contributed by atoms with E-state index in [4.69, 9.17) is 0 Å². The minimum Gasteiger partial charge on any atom is -0.256 e. The van der Waals surface area contributed by atoms with E-state index in [0.717, 1.165) is 5.69 Å². The summed E-state index contributed by atoms with van der Waals surface area (Å²) in [4.78, 5) is 4.28. The van der Waals surface area contributed by atoms with Gasteiger partial charge in [0.15, 0.2) is 0 Å². The van der Waals surface area contributed by atoms with E-state index in [1.54, 1.807) is 6.08 Å². The fraction of sp³-hybridized carbons (Fsp3) is 0.308. The number of hydrogen-bond acceptors (Lipinski definition) is 1. The smallest absolute Gasteiger partial charge is 0.0658 e. The summed E-state index contributed by atoms with van der Waals surface area (Å²) >= 11 is 0. The van der Waals surface area contributed by atoms with Gasteiger partial charge in [-0.2, -0.15) is 0 Å². The van der Waals surface area contributed by atoms with Crippen molar-refractivity contribution in [1.82, 2.24) is 4.98 Å². The molecule has 76 valence electrons. The lowest BCUT2D eigenvalue weighted by atomic mass is 10.1. The Kier molecular flexibility index (Phi) is 6.38. The molecule has 0 N–H and O–H groups in total. The highest BCUT2D eigenvalue weighted by molar-refractivity contribution is 5.50. The molecule has 1 aromatic rings. The summed E-state index contributed by atoms with van der Waals surface area (Å²) in [6.07, 6.45) is 7.48. The number of rotatable bonds is 2. The van der Waals surface area contributed by atoms with Crippen LogP contribution >= 0.6 is 0 Å². The molecule has 1 aromatic heterocycles. The molecule has 14 heavy (non-hydrogen) atoms. The third-order valence-corrected chi connectivity index (χ3v) is 1.65. The first kappa shape index (κ1) is 12.6. The van der Waals surface area contributed by atoms with Crippen molar-refractivity contribution in [2.45, 2.75) is 27.7 Å². The maximum Gasteiger partial charge on any atom is 0.0658 e. The molecule has 0 aromatic carbocycles. The normalized spacial score (nSPS) is 9.43. The van der Waals surface area contributed by atoms with Crippen molar-refractivity contribution < 1.29 is 0 Å². The number of nitrogens with zero attached hydrogens (tertiary/aromatic N) is 1. The molecule has 0 amide bonds. The number of allylic oxidation sites excluding steroid dienone is 2. The predicted molar refractivity (Wildman–Crippen MR) is 64.3 cm³/mol. The molecule has 0 aliphatic heterocycles. The van der Waals surface area contributed by atoms with Gasteiger partial charge in [0.05, 0.1) is 5.69 Å². The topological polar surface area (TPSA) is 12.9 Å². The van der Waals surface area contributed by atoms with Crippen LogP contribution in [0.5, 0.6) is 0 Å². The van der Waals surface area contributed by atoms with Crippen LogP contribution < -0.4 is 0 Å². The first-order valence-corrected chi connectivity index (χ1v) is 4.96. The zero-order chi connectivity index (χ0) is 11.0. The Morgan fingerprint density at radius 2 is 1.93 bits per heavy atom. The van der Waals surface area contributed by atoms with Crippen molar-refractivity contribution in [2.24, 2.45) is 0 Å². The summed E-state index contributed by atoms with van der Waals surface area (Å²) in [5.41, 5.74) is 3.41. The monoisotopic (exact) mass is 189 g/mol. The second-order valence-electron chi connectivity index (χ2n) is 2.81. The minimum atomic E-state index is 1.01. The van der Waals surface area contributed by atoms with Crippen molar-refractivity contribution in [2.75, 3.05) is 0 Å². The molecule has 1 rings (SSSR count). The Bertz CT molecular complexity index is 311. The molecule has 0 saturated carbocycles. The van der Waals surface area contributed by atoms with Crippen molar-refractivity contribution in [3.63, 3.8) is 0 Å². The van der Waals surface area contributed by atoms with Gasteiger partial charge >= 0.3 is 0 Å². The lowest BCUT2D eigenvalue weighted by Crippen LogP contribution is -1.86. The first-order valence-electron chi connectivity index (χ1n) is 4.96. The van der Waals surface area contributed by atoms with E-state index in [2.05, 4.69) is 24.6 Å². The Hall–Kier alpha value is -1.37. The predicted octanol–water partition coefficient (Wildman–Crippen LogP) is 3.92. The van der Waals surface area contributed by atoms with Crippen LogP contribution in [0.1, 0.15) is 30.7 Å². The van der Waals surface area contributed by atoms with Crippen molar-refractivity contribution in [3.8, 4) is 0 Å². The largest absolute Gasteiger partial charge is 0.256 e. The van der Waals surface area contributed by atoms with Gasteiger partial charge < -0.3 is 0 Å². The highest BCUT2D eigenvalue weighted by Crippen LogP contribution is 2.08. The molecule has 1 nitrogen and oxygen atoms in total. The summed E-state index contributed by atoms with van der Waals surface area (Å²) in [5, 5.41) is 0. The van der Waals surface area contributed by atoms with Gasteiger partial charge in [0.2, 0.25) is 0 Å². The van der Waals surface area contributed by atoms with E-state index in [0.29, 0.717) is 0 Å². The molecule has 0 atom stereocenters.